The van der Waals surface area contributed by atoms with Crippen molar-refractivity contribution in [2.45, 2.75) is 44.1 Å². The Morgan fingerprint density at radius 3 is 2.72 bits per heavy atom. The second-order valence-corrected chi connectivity index (χ2v) is 10.0. The Labute approximate surface area is 186 Å². The lowest BCUT2D eigenvalue weighted by Gasteiger charge is -2.38. The molecule has 2 aromatic rings. The minimum Gasteiger partial charge on any atom is -0.487 e. The highest BCUT2D eigenvalue weighted by Gasteiger charge is 2.32. The third-order valence-electron chi connectivity index (χ3n) is 5.13. The lowest BCUT2D eigenvalue weighted by molar-refractivity contribution is 0.0370. The smallest absolute Gasteiger partial charge is 0.272 e. The molecule has 1 aliphatic heterocycles. The van der Waals surface area contributed by atoms with Crippen LogP contribution in [-0.2, 0) is 15.6 Å². The molecule has 2 unspecified atom stereocenters. The summed E-state index contributed by atoms with van der Waals surface area (Å²) in [6.07, 6.45) is 0.971. The molecule has 1 amide bonds. The normalized spacial score (nSPS) is 19.1. The maximum absolute atomic E-state index is 13.3. The lowest BCUT2D eigenvalue weighted by Crippen LogP contribution is -2.49. The Bertz CT molecular complexity index is 1050. The van der Waals surface area contributed by atoms with E-state index in [1.807, 2.05) is 6.92 Å². The van der Waals surface area contributed by atoms with E-state index >= 15 is 0 Å². The minimum absolute atomic E-state index is 0.0534. The Balaban J connectivity index is 1.72. The number of sulfone groups is 1. The number of likely N-dealkylation sites (tertiary alicyclic amines) is 1. The van der Waals surface area contributed by atoms with Gasteiger partial charge in [0.1, 0.15) is 18.5 Å². The van der Waals surface area contributed by atoms with Crippen LogP contribution in [0.25, 0.3) is 0 Å². The van der Waals surface area contributed by atoms with Crippen LogP contribution in [0.1, 0.15) is 35.7 Å². The number of alkyl halides is 2. The van der Waals surface area contributed by atoms with Gasteiger partial charge in [-0.3, -0.25) is 4.79 Å². The zero-order valence-corrected chi connectivity index (χ0v) is 18.7. The van der Waals surface area contributed by atoms with Gasteiger partial charge in [0, 0.05) is 30.1 Å². The van der Waals surface area contributed by atoms with Gasteiger partial charge < -0.3 is 14.4 Å². The maximum atomic E-state index is 13.3. The predicted molar refractivity (Wildman–Crippen MR) is 115 cm³/mol. The molecule has 1 aromatic carbocycles. The van der Waals surface area contributed by atoms with Crippen LogP contribution < -0.4 is 9.47 Å². The Hall–Kier alpha value is -2.75. The molecule has 0 spiro atoms. The fourth-order valence-electron chi connectivity index (χ4n) is 3.62. The van der Waals surface area contributed by atoms with Crippen LogP contribution >= 0.6 is 0 Å². The van der Waals surface area contributed by atoms with Gasteiger partial charge in [0.2, 0.25) is 5.88 Å². The number of amides is 1. The summed E-state index contributed by atoms with van der Waals surface area (Å²) >= 11 is 0. The number of nitrogens with zero attached hydrogens (tertiary/aromatic N) is 2. The lowest BCUT2D eigenvalue weighted by atomic mass is 9.99. The van der Waals surface area contributed by atoms with Crippen LogP contribution in [0.2, 0.25) is 0 Å². The molecule has 7 nitrogen and oxygen atoms in total. The van der Waals surface area contributed by atoms with Crippen molar-refractivity contribution in [3.63, 3.8) is 0 Å². The van der Waals surface area contributed by atoms with Crippen molar-refractivity contribution < 1.29 is 31.5 Å². The molecule has 1 aromatic heterocycles. The van der Waals surface area contributed by atoms with Gasteiger partial charge in [-0.25, -0.2) is 22.2 Å². The van der Waals surface area contributed by atoms with E-state index in [1.54, 1.807) is 29.2 Å². The van der Waals surface area contributed by atoms with Crippen molar-refractivity contribution in [1.29, 1.82) is 0 Å². The highest BCUT2D eigenvalue weighted by molar-refractivity contribution is 7.89. The summed E-state index contributed by atoms with van der Waals surface area (Å²) < 4.78 is 59.2. The van der Waals surface area contributed by atoms with Gasteiger partial charge in [-0.05, 0) is 37.5 Å². The number of piperidine rings is 1. The fraction of sp³-hybridized carbons (Fsp3) is 0.455. The summed E-state index contributed by atoms with van der Waals surface area (Å²) in [7, 11) is -3.31. The van der Waals surface area contributed by atoms with Crippen molar-refractivity contribution in [2.75, 3.05) is 19.4 Å². The number of carbonyl (C=O) groups excluding carboxylic acids is 1. The number of rotatable bonds is 8. The number of ether oxygens (including phenoxy) is 2. The fourth-order valence-corrected chi connectivity index (χ4v) is 4.44. The first-order valence-corrected chi connectivity index (χ1v) is 12.3. The predicted octanol–water partition coefficient (Wildman–Crippen LogP) is 3.34. The average molecular weight is 469 g/mol. The molecule has 1 fully saturated rings. The number of benzene rings is 1. The molecule has 1 saturated heterocycles. The van der Waals surface area contributed by atoms with Gasteiger partial charge in [0.25, 0.3) is 12.3 Å². The Morgan fingerprint density at radius 2 is 2.00 bits per heavy atom. The minimum atomic E-state index is -3.31. The second kappa shape index (κ2) is 10.2. The van der Waals surface area contributed by atoms with Crippen molar-refractivity contribution >= 4 is 15.7 Å². The third-order valence-corrected chi connectivity index (χ3v) is 5.97. The molecule has 0 radical (unpaired) electrons. The zero-order chi connectivity index (χ0) is 23.3. The highest BCUT2D eigenvalue weighted by Crippen LogP contribution is 2.26. The third kappa shape index (κ3) is 6.62. The number of hydrogen-bond acceptors (Lipinski definition) is 6. The van der Waals surface area contributed by atoms with Crippen molar-refractivity contribution in [3.05, 3.63) is 53.7 Å². The summed E-state index contributed by atoms with van der Waals surface area (Å²) in [6, 6.07) is 9.54. The van der Waals surface area contributed by atoms with Gasteiger partial charge in [-0.15, -0.1) is 0 Å². The first kappa shape index (κ1) is 23.9. The van der Waals surface area contributed by atoms with Crippen LogP contribution in [0.5, 0.6) is 11.6 Å². The number of hydrogen-bond donors (Lipinski definition) is 0. The molecule has 1 aliphatic rings. The van der Waals surface area contributed by atoms with Crippen molar-refractivity contribution in [2.24, 2.45) is 0 Å². The van der Waals surface area contributed by atoms with E-state index in [0.717, 1.165) is 6.26 Å². The molecule has 0 aliphatic carbocycles. The van der Waals surface area contributed by atoms with Crippen LogP contribution in [0.4, 0.5) is 8.78 Å². The summed E-state index contributed by atoms with van der Waals surface area (Å²) in [6.45, 7) is 1.50. The molecule has 32 heavy (non-hydrogen) atoms. The molecule has 0 N–H and O–H groups in total. The molecular weight excluding hydrogens is 442 g/mol. The largest absolute Gasteiger partial charge is 0.487 e. The van der Waals surface area contributed by atoms with E-state index < -0.39 is 22.9 Å². The van der Waals surface area contributed by atoms with Gasteiger partial charge in [0.15, 0.2) is 9.84 Å². The quantitative estimate of drug-likeness (QED) is 0.591. The molecule has 3 rings (SSSR count). The van der Waals surface area contributed by atoms with E-state index in [0.29, 0.717) is 24.0 Å². The summed E-state index contributed by atoms with van der Waals surface area (Å²) in [4.78, 5) is 19.1. The first-order chi connectivity index (χ1) is 15.1. The zero-order valence-electron chi connectivity index (χ0n) is 17.9. The average Bonchev–Trinajstić information content (AvgIpc) is 2.73. The molecule has 174 valence electrons. The molecule has 0 bridgehead atoms. The van der Waals surface area contributed by atoms with Crippen LogP contribution in [0.15, 0.2) is 42.6 Å². The van der Waals surface area contributed by atoms with E-state index in [-0.39, 0.29) is 42.0 Å². The van der Waals surface area contributed by atoms with Crippen molar-refractivity contribution in [1.82, 2.24) is 9.88 Å². The van der Waals surface area contributed by atoms with Crippen LogP contribution in [-0.4, -0.2) is 62.2 Å². The number of aromatic nitrogens is 1. The number of halogens is 2. The molecule has 10 heteroatoms. The van der Waals surface area contributed by atoms with E-state index in [1.165, 1.54) is 18.3 Å². The van der Waals surface area contributed by atoms with E-state index in [9.17, 15) is 22.0 Å². The second-order valence-electron chi connectivity index (χ2n) is 7.88. The van der Waals surface area contributed by atoms with Gasteiger partial charge in [-0.2, -0.15) is 0 Å². The first-order valence-electron chi connectivity index (χ1n) is 10.2. The monoisotopic (exact) mass is 468 g/mol. The highest BCUT2D eigenvalue weighted by atomic mass is 32.2. The van der Waals surface area contributed by atoms with E-state index in [4.69, 9.17) is 9.47 Å². The van der Waals surface area contributed by atoms with Gasteiger partial charge in [-0.1, -0.05) is 18.2 Å². The Morgan fingerprint density at radius 1 is 1.25 bits per heavy atom. The van der Waals surface area contributed by atoms with Crippen LogP contribution in [0.3, 0.4) is 0 Å². The molecule has 0 saturated carbocycles. The van der Waals surface area contributed by atoms with Gasteiger partial charge >= 0.3 is 0 Å². The standard InChI is InChI=1S/C22H26F2N2O5S/c1-15-7-8-18(31-21-11-17(9-10-25-21)30-13-20(23)24)12-26(15)22(27)19-6-4-3-5-16(19)14-32(2,28)29/h3-6,9-11,15,18,20H,7-8,12-14H2,1-2H3. The summed E-state index contributed by atoms with van der Waals surface area (Å²) in [5, 5.41) is 0. The van der Waals surface area contributed by atoms with Gasteiger partial charge in [0.05, 0.1) is 12.3 Å². The Kier molecular flexibility index (Phi) is 7.65. The number of pyridine rings is 1. The number of carbonyl (C=O) groups is 1. The maximum Gasteiger partial charge on any atom is 0.272 e. The van der Waals surface area contributed by atoms with E-state index in [2.05, 4.69) is 4.98 Å². The topological polar surface area (TPSA) is 85.8 Å². The van der Waals surface area contributed by atoms with Crippen LogP contribution in [0, 0.1) is 0 Å². The SMILES string of the molecule is CC1CCC(Oc2cc(OCC(F)F)ccn2)CN1C(=O)c1ccccc1CS(C)(=O)=O. The van der Waals surface area contributed by atoms with Crippen molar-refractivity contribution in [3.8, 4) is 11.6 Å². The molecule has 2 atom stereocenters. The summed E-state index contributed by atoms with van der Waals surface area (Å²) in [5.74, 6) is -0.0258. The molecular formula is C22H26F2N2O5S. The summed E-state index contributed by atoms with van der Waals surface area (Å²) in [5.41, 5.74) is 0.812. The molecule has 2 heterocycles.